The minimum Gasteiger partial charge on any atom is -0.497 e. The predicted octanol–water partition coefficient (Wildman–Crippen LogP) is 5.22. The first-order valence-corrected chi connectivity index (χ1v) is 15.7. The predicted molar refractivity (Wildman–Crippen MR) is 166 cm³/mol. The Bertz CT molecular complexity index is 1380. The van der Waals surface area contributed by atoms with Crippen LogP contribution in [-0.2, 0) is 26.2 Å². The van der Waals surface area contributed by atoms with Crippen LogP contribution >= 0.6 is 22.6 Å². The molecule has 8 nitrogen and oxygen atoms in total. The number of rotatable bonds is 13. The number of hydrogen-bond acceptors (Lipinski definition) is 5. The van der Waals surface area contributed by atoms with E-state index in [4.69, 9.17) is 4.74 Å². The Hall–Kier alpha value is -3.12. The molecule has 0 aliphatic carbocycles. The zero-order chi connectivity index (χ0) is 29.3. The highest BCUT2D eigenvalue weighted by atomic mass is 127. The van der Waals surface area contributed by atoms with Crippen molar-refractivity contribution >= 4 is 50.1 Å². The number of nitrogens with zero attached hydrogens (tertiary/aromatic N) is 2. The van der Waals surface area contributed by atoms with Crippen LogP contribution in [0.1, 0.15) is 39.2 Å². The highest BCUT2D eigenvalue weighted by Gasteiger charge is 2.34. The van der Waals surface area contributed by atoms with E-state index in [9.17, 15) is 18.0 Å². The van der Waals surface area contributed by atoms with Crippen molar-refractivity contribution in [3.8, 4) is 5.75 Å². The molecule has 3 rings (SSSR count). The molecule has 10 heteroatoms. The van der Waals surface area contributed by atoms with Crippen molar-refractivity contribution in [2.45, 2.75) is 57.1 Å². The maximum atomic E-state index is 14.1. The topological polar surface area (TPSA) is 96.0 Å². The zero-order valence-corrected chi connectivity index (χ0v) is 26.2. The fourth-order valence-corrected chi connectivity index (χ4v) is 5.98. The van der Waals surface area contributed by atoms with Gasteiger partial charge < -0.3 is 15.0 Å². The molecule has 0 radical (unpaired) electrons. The Balaban J connectivity index is 2.05. The van der Waals surface area contributed by atoms with E-state index in [1.54, 1.807) is 61.7 Å². The molecule has 0 saturated carbocycles. The van der Waals surface area contributed by atoms with E-state index in [-0.39, 0.29) is 23.4 Å². The van der Waals surface area contributed by atoms with Crippen molar-refractivity contribution in [2.75, 3.05) is 18.0 Å². The van der Waals surface area contributed by atoms with E-state index in [0.29, 0.717) is 17.9 Å². The molecule has 1 N–H and O–H groups in total. The third-order valence-corrected chi connectivity index (χ3v) is 9.11. The molecule has 2 amide bonds. The molecule has 3 aromatic rings. The smallest absolute Gasteiger partial charge is 0.264 e. The number of carbonyl (C=O) groups is 2. The molecule has 0 aliphatic heterocycles. The van der Waals surface area contributed by atoms with Crippen molar-refractivity contribution in [3.63, 3.8) is 0 Å². The van der Waals surface area contributed by atoms with Gasteiger partial charge in [0.15, 0.2) is 0 Å². The first-order valence-electron chi connectivity index (χ1n) is 13.2. The van der Waals surface area contributed by atoms with Gasteiger partial charge in [0.1, 0.15) is 18.3 Å². The summed E-state index contributed by atoms with van der Waals surface area (Å²) in [5.74, 6) is -0.152. The van der Waals surface area contributed by atoms with Gasteiger partial charge in [-0.2, -0.15) is 0 Å². The van der Waals surface area contributed by atoms with Crippen LogP contribution in [0.2, 0.25) is 0 Å². The molecule has 0 fully saturated rings. The molecular weight excluding hydrogens is 641 g/mol. The van der Waals surface area contributed by atoms with Crippen LogP contribution < -0.4 is 14.4 Å². The summed E-state index contributed by atoms with van der Waals surface area (Å²) in [7, 11) is -2.53. The standard InChI is InChI=1S/C30H36IN3O5S/c1-5-22(3)32-30(36)28(6-2)33(20-23-11-10-12-26(19-23)39-4)29(35)21-34(25-17-15-24(31)16-18-25)40(37,38)27-13-8-7-9-14-27/h7-19,22,28H,5-6,20-21H2,1-4H3,(H,32,36)/t22-,28+/m1/s1. The molecule has 40 heavy (non-hydrogen) atoms. The third kappa shape index (κ3) is 7.97. The highest BCUT2D eigenvalue weighted by Crippen LogP contribution is 2.26. The maximum absolute atomic E-state index is 14.1. The normalized spacial score (nSPS) is 12.7. The number of sulfonamides is 1. The van der Waals surface area contributed by atoms with Crippen molar-refractivity contribution in [3.05, 3.63) is 88.0 Å². The van der Waals surface area contributed by atoms with Crippen molar-refractivity contribution in [2.24, 2.45) is 0 Å². The van der Waals surface area contributed by atoms with Crippen molar-refractivity contribution in [1.29, 1.82) is 0 Å². The fraction of sp³-hybridized carbons (Fsp3) is 0.333. The van der Waals surface area contributed by atoms with E-state index in [2.05, 4.69) is 27.9 Å². The van der Waals surface area contributed by atoms with Gasteiger partial charge >= 0.3 is 0 Å². The quantitative estimate of drug-likeness (QED) is 0.251. The molecule has 2 atom stereocenters. The lowest BCUT2D eigenvalue weighted by Gasteiger charge is -2.33. The Kier molecular flexibility index (Phi) is 11.4. The van der Waals surface area contributed by atoms with Gasteiger partial charge in [-0.25, -0.2) is 8.42 Å². The number of anilines is 1. The van der Waals surface area contributed by atoms with E-state index in [1.165, 1.54) is 17.0 Å². The van der Waals surface area contributed by atoms with Crippen LogP contribution in [0.3, 0.4) is 0 Å². The number of amides is 2. The molecule has 0 aromatic heterocycles. The molecule has 3 aromatic carbocycles. The largest absolute Gasteiger partial charge is 0.497 e. The first-order chi connectivity index (χ1) is 19.1. The summed E-state index contributed by atoms with van der Waals surface area (Å²) in [4.78, 5) is 29.0. The lowest BCUT2D eigenvalue weighted by molar-refractivity contribution is -0.140. The lowest BCUT2D eigenvalue weighted by Crippen LogP contribution is -2.53. The summed E-state index contributed by atoms with van der Waals surface area (Å²) < 4.78 is 35.1. The third-order valence-electron chi connectivity index (χ3n) is 6.60. The van der Waals surface area contributed by atoms with Gasteiger partial charge in [0.2, 0.25) is 11.8 Å². The molecule has 0 spiro atoms. The second-order valence-corrected chi connectivity index (χ2v) is 12.5. The second kappa shape index (κ2) is 14.5. The average Bonchev–Trinajstić information content (AvgIpc) is 2.96. The summed E-state index contributed by atoms with van der Waals surface area (Å²) in [5, 5.41) is 2.98. The average molecular weight is 678 g/mol. The maximum Gasteiger partial charge on any atom is 0.264 e. The minimum absolute atomic E-state index is 0.0715. The number of benzene rings is 3. The Morgan fingerprint density at radius 3 is 2.23 bits per heavy atom. The zero-order valence-electron chi connectivity index (χ0n) is 23.2. The Morgan fingerprint density at radius 1 is 0.950 bits per heavy atom. The van der Waals surface area contributed by atoms with Crippen LogP contribution in [0.15, 0.2) is 83.8 Å². The van der Waals surface area contributed by atoms with Gasteiger partial charge in [0.25, 0.3) is 10.0 Å². The fourth-order valence-electron chi connectivity index (χ4n) is 4.18. The highest BCUT2D eigenvalue weighted by molar-refractivity contribution is 14.1. The van der Waals surface area contributed by atoms with Gasteiger partial charge in [-0.05, 0) is 96.5 Å². The number of nitrogens with one attached hydrogen (secondary N) is 1. The van der Waals surface area contributed by atoms with Crippen molar-refractivity contribution < 1.29 is 22.7 Å². The number of methoxy groups -OCH3 is 1. The minimum atomic E-state index is -4.09. The van der Waals surface area contributed by atoms with E-state index >= 15 is 0 Å². The van der Waals surface area contributed by atoms with Crippen LogP contribution in [0.25, 0.3) is 0 Å². The molecule has 0 aliphatic rings. The SMILES string of the molecule is CC[C@@H](C)NC(=O)[C@H](CC)N(Cc1cccc(OC)c1)C(=O)CN(c1ccc(I)cc1)S(=O)(=O)c1ccccc1. The summed E-state index contributed by atoms with van der Waals surface area (Å²) in [6, 6.07) is 21.3. The summed E-state index contributed by atoms with van der Waals surface area (Å²) in [6.45, 7) is 5.34. The monoisotopic (exact) mass is 677 g/mol. The first kappa shape index (κ1) is 31.4. The van der Waals surface area contributed by atoms with Gasteiger partial charge in [-0.1, -0.05) is 44.2 Å². The molecule has 0 bridgehead atoms. The van der Waals surface area contributed by atoms with Crippen molar-refractivity contribution in [1.82, 2.24) is 10.2 Å². The molecule has 0 saturated heterocycles. The van der Waals surface area contributed by atoms with E-state index in [0.717, 1.165) is 19.9 Å². The van der Waals surface area contributed by atoms with Gasteiger partial charge in [0.05, 0.1) is 17.7 Å². The van der Waals surface area contributed by atoms with Gasteiger partial charge in [-0.15, -0.1) is 0 Å². The summed E-state index contributed by atoms with van der Waals surface area (Å²) in [6.07, 6.45) is 1.09. The summed E-state index contributed by atoms with van der Waals surface area (Å²) in [5.41, 5.74) is 1.12. The number of carbonyl (C=O) groups excluding carboxylic acids is 2. The molecule has 0 unspecified atom stereocenters. The molecular formula is C30H36IN3O5S. The van der Waals surface area contributed by atoms with Gasteiger partial charge in [-0.3, -0.25) is 13.9 Å². The summed E-state index contributed by atoms with van der Waals surface area (Å²) >= 11 is 2.14. The van der Waals surface area contributed by atoms with Crippen LogP contribution in [0.4, 0.5) is 5.69 Å². The van der Waals surface area contributed by atoms with Crippen LogP contribution in [0, 0.1) is 3.57 Å². The van der Waals surface area contributed by atoms with Crippen LogP contribution in [0.5, 0.6) is 5.75 Å². The van der Waals surface area contributed by atoms with E-state index < -0.39 is 28.5 Å². The second-order valence-electron chi connectivity index (χ2n) is 9.42. The number of ether oxygens (including phenoxy) is 1. The Labute approximate surface area is 250 Å². The van der Waals surface area contributed by atoms with E-state index in [1.807, 2.05) is 32.9 Å². The number of halogens is 1. The van der Waals surface area contributed by atoms with Crippen LogP contribution in [-0.4, -0.2) is 50.9 Å². The Morgan fingerprint density at radius 2 is 1.62 bits per heavy atom. The molecule has 0 heterocycles. The lowest BCUT2D eigenvalue weighted by atomic mass is 10.1. The van der Waals surface area contributed by atoms with Gasteiger partial charge in [0, 0.05) is 16.2 Å². The number of hydrogen-bond donors (Lipinski definition) is 1. The molecule has 214 valence electrons.